The summed E-state index contributed by atoms with van der Waals surface area (Å²) in [5.74, 6) is -0.402. The van der Waals surface area contributed by atoms with Gasteiger partial charge in [-0.15, -0.1) is 10.2 Å². The molecule has 0 spiro atoms. The van der Waals surface area contributed by atoms with Gasteiger partial charge >= 0.3 is 0 Å². The molecule has 80 valence electrons. The summed E-state index contributed by atoms with van der Waals surface area (Å²) in [6, 6.07) is 13.2. The molecule has 2 N–H and O–H groups in total. The van der Waals surface area contributed by atoms with Gasteiger partial charge in [-0.25, -0.2) is 4.39 Å². The third kappa shape index (κ3) is 2.23. The Morgan fingerprint density at radius 3 is 2.06 bits per heavy atom. The topological polar surface area (TPSA) is 50.7 Å². The number of halogens is 1. The summed E-state index contributed by atoms with van der Waals surface area (Å²) in [6.07, 6.45) is 0. The number of nitrogens with two attached hydrogens (primary N) is 1. The molecule has 4 heteroatoms. The molecule has 0 atom stereocenters. The van der Waals surface area contributed by atoms with Crippen molar-refractivity contribution in [2.45, 2.75) is 0 Å². The Hall–Kier alpha value is -2.23. The number of nitrogens with zero attached hydrogens (tertiary/aromatic N) is 2. The number of rotatable bonds is 2. The maximum absolute atomic E-state index is 13.2. The number of anilines is 1. The van der Waals surface area contributed by atoms with Crippen molar-refractivity contribution < 1.29 is 4.39 Å². The van der Waals surface area contributed by atoms with Crippen LogP contribution in [0.15, 0.2) is 58.8 Å². The number of benzene rings is 2. The molecule has 0 unspecified atom stereocenters. The first-order valence-electron chi connectivity index (χ1n) is 4.78. The fraction of sp³-hybridized carbons (Fsp3) is 0. The predicted octanol–water partition coefficient (Wildman–Crippen LogP) is 3.82. The fourth-order valence-corrected chi connectivity index (χ4v) is 1.22. The third-order valence-electron chi connectivity index (χ3n) is 2.05. The second kappa shape index (κ2) is 4.53. The summed E-state index contributed by atoms with van der Waals surface area (Å²) in [7, 11) is 0. The van der Waals surface area contributed by atoms with E-state index in [1.54, 1.807) is 42.5 Å². The summed E-state index contributed by atoms with van der Waals surface area (Å²) < 4.78 is 13.2. The summed E-state index contributed by atoms with van der Waals surface area (Å²) in [4.78, 5) is 0. The highest BCUT2D eigenvalue weighted by molar-refractivity contribution is 5.61. The van der Waals surface area contributed by atoms with E-state index in [4.69, 9.17) is 5.73 Å². The summed E-state index contributed by atoms with van der Waals surface area (Å²) in [6.45, 7) is 0. The zero-order valence-corrected chi connectivity index (χ0v) is 8.47. The van der Waals surface area contributed by atoms with Gasteiger partial charge < -0.3 is 5.73 Å². The van der Waals surface area contributed by atoms with Crippen molar-refractivity contribution in [2.75, 3.05) is 5.73 Å². The Morgan fingerprint density at radius 2 is 1.38 bits per heavy atom. The molecule has 0 amide bonds. The standard InChI is InChI=1S/C12H10FN3/c13-9-5-1-3-7-11(9)15-16-12-8-4-2-6-10(12)14/h1-8H,14H2. The number of para-hydroxylation sites is 1. The first-order chi connectivity index (χ1) is 7.77. The van der Waals surface area contributed by atoms with Gasteiger partial charge in [0.05, 0.1) is 5.69 Å². The molecular weight excluding hydrogens is 205 g/mol. The van der Waals surface area contributed by atoms with E-state index in [9.17, 15) is 4.39 Å². The molecular formula is C12H10FN3. The van der Waals surface area contributed by atoms with E-state index in [0.29, 0.717) is 11.4 Å². The van der Waals surface area contributed by atoms with E-state index in [0.717, 1.165) is 0 Å². The van der Waals surface area contributed by atoms with Crippen molar-refractivity contribution in [2.24, 2.45) is 10.2 Å². The van der Waals surface area contributed by atoms with Crippen molar-refractivity contribution in [1.29, 1.82) is 0 Å². The minimum atomic E-state index is -0.402. The number of hydrogen-bond acceptors (Lipinski definition) is 3. The average molecular weight is 215 g/mol. The zero-order chi connectivity index (χ0) is 11.4. The van der Waals surface area contributed by atoms with Crippen LogP contribution >= 0.6 is 0 Å². The second-order valence-corrected chi connectivity index (χ2v) is 3.21. The van der Waals surface area contributed by atoms with Crippen LogP contribution in [0.25, 0.3) is 0 Å². The van der Waals surface area contributed by atoms with Crippen LogP contribution in [-0.2, 0) is 0 Å². The molecule has 2 aromatic rings. The van der Waals surface area contributed by atoms with Crippen molar-refractivity contribution in [3.8, 4) is 0 Å². The Labute approximate surface area is 92.4 Å². The predicted molar refractivity (Wildman–Crippen MR) is 61.4 cm³/mol. The van der Waals surface area contributed by atoms with Crippen molar-refractivity contribution in [3.63, 3.8) is 0 Å². The minimum Gasteiger partial charge on any atom is -0.397 e. The van der Waals surface area contributed by atoms with Gasteiger partial charge in [-0.05, 0) is 24.3 Å². The van der Waals surface area contributed by atoms with Crippen LogP contribution in [0.4, 0.5) is 21.5 Å². The molecule has 0 aliphatic carbocycles. The van der Waals surface area contributed by atoms with Gasteiger partial charge in [-0.1, -0.05) is 24.3 Å². The lowest BCUT2D eigenvalue weighted by Crippen LogP contribution is -1.83. The number of hydrogen-bond donors (Lipinski definition) is 1. The van der Waals surface area contributed by atoms with E-state index in [1.165, 1.54) is 6.07 Å². The monoisotopic (exact) mass is 215 g/mol. The van der Waals surface area contributed by atoms with Gasteiger partial charge in [0, 0.05) is 0 Å². The van der Waals surface area contributed by atoms with Gasteiger partial charge in [-0.2, -0.15) is 0 Å². The van der Waals surface area contributed by atoms with Crippen LogP contribution < -0.4 is 5.73 Å². The molecule has 0 aliphatic rings. The Bertz CT molecular complexity index is 476. The molecule has 2 rings (SSSR count). The van der Waals surface area contributed by atoms with Gasteiger partial charge in [0.15, 0.2) is 5.82 Å². The Morgan fingerprint density at radius 1 is 0.812 bits per heavy atom. The van der Waals surface area contributed by atoms with Gasteiger partial charge in [-0.3, -0.25) is 0 Å². The van der Waals surface area contributed by atoms with E-state index in [-0.39, 0.29) is 5.69 Å². The number of nitrogen functional groups attached to an aromatic ring is 1. The largest absolute Gasteiger partial charge is 0.397 e. The second-order valence-electron chi connectivity index (χ2n) is 3.21. The van der Waals surface area contributed by atoms with Gasteiger partial charge in [0.2, 0.25) is 0 Å². The molecule has 0 radical (unpaired) electrons. The van der Waals surface area contributed by atoms with E-state index in [1.807, 2.05) is 0 Å². The van der Waals surface area contributed by atoms with Crippen molar-refractivity contribution >= 4 is 17.1 Å². The lowest BCUT2D eigenvalue weighted by atomic mass is 10.3. The normalized spacial score (nSPS) is 10.8. The summed E-state index contributed by atoms with van der Waals surface area (Å²) in [5.41, 5.74) is 6.92. The molecule has 0 fully saturated rings. The highest BCUT2D eigenvalue weighted by Gasteiger charge is 1.98. The smallest absolute Gasteiger partial charge is 0.150 e. The van der Waals surface area contributed by atoms with Crippen LogP contribution in [0.2, 0.25) is 0 Å². The zero-order valence-electron chi connectivity index (χ0n) is 8.47. The first-order valence-corrected chi connectivity index (χ1v) is 4.78. The average Bonchev–Trinajstić information content (AvgIpc) is 2.30. The van der Waals surface area contributed by atoms with Crippen molar-refractivity contribution in [1.82, 2.24) is 0 Å². The van der Waals surface area contributed by atoms with Gasteiger partial charge in [0.25, 0.3) is 0 Å². The molecule has 0 heterocycles. The SMILES string of the molecule is Nc1ccccc1N=Nc1ccccc1F. The summed E-state index contributed by atoms with van der Waals surface area (Å²) in [5, 5.41) is 7.70. The highest BCUT2D eigenvalue weighted by Crippen LogP contribution is 2.24. The highest BCUT2D eigenvalue weighted by atomic mass is 19.1. The third-order valence-corrected chi connectivity index (χ3v) is 2.05. The van der Waals surface area contributed by atoms with E-state index in [2.05, 4.69) is 10.2 Å². The van der Waals surface area contributed by atoms with Crippen LogP contribution in [0.3, 0.4) is 0 Å². The molecule has 0 saturated heterocycles. The molecule has 0 aromatic heterocycles. The molecule has 3 nitrogen and oxygen atoms in total. The van der Waals surface area contributed by atoms with Crippen LogP contribution in [0.5, 0.6) is 0 Å². The maximum atomic E-state index is 13.2. The maximum Gasteiger partial charge on any atom is 0.150 e. The van der Waals surface area contributed by atoms with E-state index < -0.39 is 5.82 Å². The fourth-order valence-electron chi connectivity index (χ4n) is 1.22. The van der Waals surface area contributed by atoms with Crippen molar-refractivity contribution in [3.05, 3.63) is 54.3 Å². The van der Waals surface area contributed by atoms with Crippen LogP contribution in [0.1, 0.15) is 0 Å². The first kappa shape index (κ1) is 10.3. The van der Waals surface area contributed by atoms with Crippen LogP contribution in [-0.4, -0.2) is 0 Å². The Balaban J connectivity index is 2.29. The summed E-state index contributed by atoms with van der Waals surface area (Å²) >= 11 is 0. The van der Waals surface area contributed by atoms with Gasteiger partial charge in [0.1, 0.15) is 11.4 Å². The number of azo groups is 1. The van der Waals surface area contributed by atoms with E-state index >= 15 is 0 Å². The molecule has 0 saturated carbocycles. The quantitative estimate of drug-likeness (QED) is 0.600. The lowest BCUT2D eigenvalue weighted by molar-refractivity contribution is 0.628. The Kier molecular flexibility index (Phi) is 2.91. The minimum absolute atomic E-state index is 0.200. The van der Waals surface area contributed by atoms with Crippen LogP contribution in [0, 0.1) is 5.82 Å². The molecule has 16 heavy (non-hydrogen) atoms. The lowest BCUT2D eigenvalue weighted by Gasteiger charge is -1.97. The molecule has 0 bridgehead atoms. The molecule has 2 aromatic carbocycles. The molecule has 0 aliphatic heterocycles.